The van der Waals surface area contributed by atoms with E-state index in [1.54, 1.807) is 6.33 Å². The Morgan fingerprint density at radius 3 is 2.26 bits per heavy atom. The maximum atomic E-state index is 4.40. The van der Waals surface area contributed by atoms with E-state index in [-0.39, 0.29) is 0 Å². The molecule has 3 heteroatoms. The summed E-state index contributed by atoms with van der Waals surface area (Å²) >= 11 is 0. The molecule has 0 saturated heterocycles. The van der Waals surface area contributed by atoms with Gasteiger partial charge in [-0.25, -0.2) is 4.98 Å². The van der Waals surface area contributed by atoms with E-state index in [0.29, 0.717) is 0 Å². The largest absolute Gasteiger partial charge is 0.345 e. The van der Waals surface area contributed by atoms with Crippen molar-refractivity contribution in [3.05, 3.63) is 97.6 Å². The average Bonchev–Trinajstić information content (AvgIpc) is 3.23. The number of benzene rings is 4. The maximum Gasteiger partial charge on any atom is 0.0961 e. The summed E-state index contributed by atoms with van der Waals surface area (Å²) in [6.07, 6.45) is 5.43. The summed E-state index contributed by atoms with van der Waals surface area (Å²) in [5.74, 6) is 0. The van der Waals surface area contributed by atoms with Crippen molar-refractivity contribution in [2.75, 3.05) is 0 Å². The lowest BCUT2D eigenvalue weighted by Gasteiger charge is -2.03. The van der Waals surface area contributed by atoms with E-state index in [2.05, 4.69) is 75.6 Å². The van der Waals surface area contributed by atoms with Gasteiger partial charge in [-0.3, -0.25) is 4.98 Å². The monoisotopic (exact) mass is 347 g/mol. The zero-order valence-electron chi connectivity index (χ0n) is 14.6. The number of aromatic nitrogens is 3. The van der Waals surface area contributed by atoms with Crippen molar-refractivity contribution in [1.82, 2.24) is 15.0 Å². The van der Waals surface area contributed by atoms with Gasteiger partial charge in [0, 0.05) is 17.8 Å². The SMILES string of the molecule is c1ccc2c(c1)ccc1c2ccc2[nH]cnc21.c1ccc2cnccc2c1. The molecule has 0 amide bonds. The van der Waals surface area contributed by atoms with Crippen LogP contribution in [0.5, 0.6) is 0 Å². The van der Waals surface area contributed by atoms with Crippen molar-refractivity contribution >= 4 is 43.4 Å². The minimum atomic E-state index is 1.05. The summed E-state index contributed by atoms with van der Waals surface area (Å²) in [4.78, 5) is 11.6. The van der Waals surface area contributed by atoms with E-state index in [1.807, 2.05) is 30.6 Å². The molecule has 0 unspecified atom stereocenters. The van der Waals surface area contributed by atoms with Gasteiger partial charge < -0.3 is 4.98 Å². The molecule has 1 N–H and O–H groups in total. The Bertz CT molecular complexity index is 1320. The fraction of sp³-hybridized carbons (Fsp3) is 0. The Labute approximate surface area is 156 Å². The molecule has 0 bridgehead atoms. The van der Waals surface area contributed by atoms with Gasteiger partial charge in [0.05, 0.1) is 17.4 Å². The molecule has 128 valence electrons. The summed E-state index contributed by atoms with van der Waals surface area (Å²) in [6, 6.07) is 27.2. The van der Waals surface area contributed by atoms with Gasteiger partial charge in [-0.15, -0.1) is 0 Å². The Balaban J connectivity index is 0.000000137. The lowest BCUT2D eigenvalue weighted by Crippen LogP contribution is -1.79. The normalized spacial score (nSPS) is 11.0. The first-order valence-corrected chi connectivity index (χ1v) is 8.92. The topological polar surface area (TPSA) is 41.6 Å². The molecule has 2 heterocycles. The van der Waals surface area contributed by atoms with Crippen LogP contribution in [0.1, 0.15) is 0 Å². The van der Waals surface area contributed by atoms with Crippen molar-refractivity contribution in [2.24, 2.45) is 0 Å². The molecule has 6 rings (SSSR count). The van der Waals surface area contributed by atoms with Crippen molar-refractivity contribution < 1.29 is 0 Å². The van der Waals surface area contributed by atoms with Crippen LogP contribution < -0.4 is 0 Å². The molecule has 0 saturated carbocycles. The molecule has 6 aromatic rings. The molecular weight excluding hydrogens is 330 g/mol. The predicted molar refractivity (Wildman–Crippen MR) is 113 cm³/mol. The highest BCUT2D eigenvalue weighted by molar-refractivity contribution is 6.15. The number of H-pyrrole nitrogens is 1. The lowest BCUT2D eigenvalue weighted by atomic mass is 10.0. The molecule has 0 atom stereocenters. The highest BCUT2D eigenvalue weighted by Crippen LogP contribution is 2.29. The highest BCUT2D eigenvalue weighted by atomic mass is 14.9. The number of fused-ring (bicyclic) bond motifs is 6. The van der Waals surface area contributed by atoms with Gasteiger partial charge >= 0.3 is 0 Å². The standard InChI is InChI=1S/C15H10N2.C9H7N/c1-2-4-11-10(3-1)5-6-13-12(11)7-8-14-15(13)17-9-16-14;1-2-4-9-7-10-6-5-8(9)3-1/h1-9H,(H,16,17);1-7H. The fourth-order valence-corrected chi connectivity index (χ4v) is 3.52. The summed E-state index contributed by atoms with van der Waals surface area (Å²) in [7, 11) is 0. The minimum Gasteiger partial charge on any atom is -0.345 e. The first-order valence-electron chi connectivity index (χ1n) is 8.92. The highest BCUT2D eigenvalue weighted by Gasteiger charge is 2.05. The first-order chi connectivity index (χ1) is 13.4. The molecular formula is C24H17N3. The molecule has 0 radical (unpaired) electrons. The summed E-state index contributed by atoms with van der Waals surface area (Å²) in [6.45, 7) is 0. The van der Waals surface area contributed by atoms with Crippen molar-refractivity contribution in [3.8, 4) is 0 Å². The third-order valence-electron chi connectivity index (χ3n) is 4.86. The number of rotatable bonds is 0. The van der Waals surface area contributed by atoms with E-state index in [9.17, 15) is 0 Å². The molecule has 4 aromatic carbocycles. The predicted octanol–water partition coefficient (Wildman–Crippen LogP) is 6.10. The Morgan fingerprint density at radius 2 is 1.37 bits per heavy atom. The zero-order valence-corrected chi connectivity index (χ0v) is 14.6. The Morgan fingerprint density at radius 1 is 0.593 bits per heavy atom. The van der Waals surface area contributed by atoms with Crippen LogP contribution in [0.3, 0.4) is 0 Å². The molecule has 2 aromatic heterocycles. The molecule has 0 fully saturated rings. The average molecular weight is 347 g/mol. The maximum absolute atomic E-state index is 4.40. The molecule has 0 aliphatic heterocycles. The minimum absolute atomic E-state index is 1.05. The van der Waals surface area contributed by atoms with Gasteiger partial charge in [-0.05, 0) is 39.1 Å². The number of imidazole rings is 1. The van der Waals surface area contributed by atoms with Crippen LogP contribution in [0, 0.1) is 0 Å². The molecule has 3 nitrogen and oxygen atoms in total. The van der Waals surface area contributed by atoms with E-state index < -0.39 is 0 Å². The summed E-state index contributed by atoms with van der Waals surface area (Å²) in [5.41, 5.74) is 2.14. The van der Waals surface area contributed by atoms with Gasteiger partial charge in [-0.2, -0.15) is 0 Å². The van der Waals surface area contributed by atoms with Gasteiger partial charge in [0.25, 0.3) is 0 Å². The van der Waals surface area contributed by atoms with Crippen LogP contribution in [0.25, 0.3) is 43.4 Å². The summed E-state index contributed by atoms with van der Waals surface area (Å²) in [5, 5.41) is 7.48. The van der Waals surface area contributed by atoms with Crippen LogP contribution in [0.4, 0.5) is 0 Å². The Hall–Kier alpha value is -3.72. The van der Waals surface area contributed by atoms with Gasteiger partial charge in [0.2, 0.25) is 0 Å². The second-order valence-corrected chi connectivity index (χ2v) is 6.47. The van der Waals surface area contributed by atoms with Crippen molar-refractivity contribution in [1.29, 1.82) is 0 Å². The van der Waals surface area contributed by atoms with Crippen LogP contribution in [-0.2, 0) is 0 Å². The van der Waals surface area contributed by atoms with E-state index in [0.717, 1.165) is 11.0 Å². The second-order valence-electron chi connectivity index (χ2n) is 6.47. The van der Waals surface area contributed by atoms with Crippen molar-refractivity contribution in [2.45, 2.75) is 0 Å². The third kappa shape index (κ3) is 2.79. The fourth-order valence-electron chi connectivity index (χ4n) is 3.52. The van der Waals surface area contributed by atoms with Crippen LogP contribution >= 0.6 is 0 Å². The van der Waals surface area contributed by atoms with E-state index >= 15 is 0 Å². The number of hydrogen-bond acceptors (Lipinski definition) is 2. The summed E-state index contributed by atoms with van der Waals surface area (Å²) < 4.78 is 0. The molecule has 0 spiro atoms. The lowest BCUT2D eigenvalue weighted by molar-refractivity contribution is 1.35. The number of aromatic amines is 1. The third-order valence-corrected chi connectivity index (χ3v) is 4.86. The number of nitrogens with zero attached hydrogens (tertiary/aromatic N) is 2. The first kappa shape index (κ1) is 15.5. The second kappa shape index (κ2) is 6.54. The van der Waals surface area contributed by atoms with Gasteiger partial charge in [-0.1, -0.05) is 66.7 Å². The van der Waals surface area contributed by atoms with Crippen LogP contribution in [0.15, 0.2) is 97.6 Å². The number of pyridine rings is 1. The Kier molecular flexibility index (Phi) is 3.76. The molecule has 0 aliphatic carbocycles. The number of hydrogen-bond donors (Lipinski definition) is 1. The van der Waals surface area contributed by atoms with Gasteiger partial charge in [0.1, 0.15) is 0 Å². The zero-order chi connectivity index (χ0) is 18.1. The quantitative estimate of drug-likeness (QED) is 0.337. The smallest absolute Gasteiger partial charge is 0.0961 e. The van der Waals surface area contributed by atoms with Gasteiger partial charge in [0.15, 0.2) is 0 Å². The van der Waals surface area contributed by atoms with Crippen LogP contribution in [0.2, 0.25) is 0 Å². The van der Waals surface area contributed by atoms with Crippen LogP contribution in [-0.4, -0.2) is 15.0 Å². The number of nitrogens with one attached hydrogen (secondary N) is 1. The molecule has 27 heavy (non-hydrogen) atoms. The molecule has 0 aliphatic rings. The van der Waals surface area contributed by atoms with E-state index in [4.69, 9.17) is 0 Å². The van der Waals surface area contributed by atoms with E-state index in [1.165, 1.54) is 32.3 Å². The van der Waals surface area contributed by atoms with Crippen molar-refractivity contribution in [3.63, 3.8) is 0 Å².